The van der Waals surface area contributed by atoms with E-state index >= 15 is 0 Å². The molecule has 0 aliphatic heterocycles. The number of aromatic nitrogens is 1. The van der Waals surface area contributed by atoms with Crippen molar-refractivity contribution in [3.63, 3.8) is 0 Å². The zero-order valence-corrected chi connectivity index (χ0v) is 31.2. The summed E-state index contributed by atoms with van der Waals surface area (Å²) in [5.41, 5.74) is 3.66. The molecule has 2 amide bonds. The highest BCUT2D eigenvalue weighted by Gasteiger charge is 2.36. The second-order valence-electron chi connectivity index (χ2n) is 12.3. The fraction of sp³-hybridized carbons (Fsp3) is 0.486. The van der Waals surface area contributed by atoms with Crippen LogP contribution in [-0.2, 0) is 28.9 Å². The number of carbonyl (C=O) groups is 2. The number of nitrogens with zero attached hydrogens (tertiary/aromatic N) is 2. The molecule has 0 spiro atoms. The van der Waals surface area contributed by atoms with Crippen LogP contribution in [0.1, 0.15) is 48.1 Å². The molecular formula is C37H47Cl2N3O7S. The molecule has 10 nitrogen and oxygen atoms in total. The lowest BCUT2D eigenvalue weighted by Gasteiger charge is -2.28. The van der Waals surface area contributed by atoms with Gasteiger partial charge in [-0.2, -0.15) is 11.8 Å². The van der Waals surface area contributed by atoms with Crippen molar-refractivity contribution in [2.45, 2.75) is 58.0 Å². The highest BCUT2D eigenvalue weighted by molar-refractivity contribution is 7.98. The summed E-state index contributed by atoms with van der Waals surface area (Å²) in [6.45, 7) is 4.01. The average molecular weight is 749 g/mol. The normalized spacial score (nSPS) is 13.1. The monoisotopic (exact) mass is 747 g/mol. The van der Waals surface area contributed by atoms with Gasteiger partial charge in [0.25, 0.3) is 0 Å². The first-order chi connectivity index (χ1) is 24.2. The van der Waals surface area contributed by atoms with Crippen LogP contribution in [0, 0.1) is 12.8 Å². The highest BCUT2D eigenvalue weighted by atomic mass is 35.5. The third-order valence-corrected chi connectivity index (χ3v) is 9.32. The Bertz CT molecular complexity index is 1520. The van der Waals surface area contributed by atoms with Crippen LogP contribution in [-0.4, -0.2) is 85.1 Å². The van der Waals surface area contributed by atoms with Crippen LogP contribution in [0.15, 0.2) is 48.5 Å². The van der Waals surface area contributed by atoms with Crippen LogP contribution in [0.2, 0.25) is 10.0 Å². The Hall–Kier alpha value is -3.38. The van der Waals surface area contributed by atoms with Crippen LogP contribution in [0.3, 0.4) is 0 Å². The van der Waals surface area contributed by atoms with Crippen LogP contribution < -0.4 is 19.5 Å². The van der Waals surface area contributed by atoms with E-state index in [4.69, 9.17) is 47.1 Å². The number of ether oxygens (including phenoxy) is 4. The van der Waals surface area contributed by atoms with Crippen molar-refractivity contribution < 1.29 is 33.6 Å². The van der Waals surface area contributed by atoms with E-state index in [-0.39, 0.29) is 31.7 Å². The molecular weight excluding hydrogens is 701 g/mol. The van der Waals surface area contributed by atoms with E-state index in [9.17, 15) is 14.7 Å². The molecule has 4 rings (SSSR count). The maximum Gasteiger partial charge on any atom is 0.404 e. The molecule has 1 atom stereocenters. The predicted octanol–water partition coefficient (Wildman–Crippen LogP) is 7.48. The van der Waals surface area contributed by atoms with Crippen molar-refractivity contribution in [2.75, 3.05) is 52.1 Å². The number of thioether (sulfide) groups is 1. The third-order valence-electron chi connectivity index (χ3n) is 8.06. The molecule has 1 aliphatic rings. The van der Waals surface area contributed by atoms with Gasteiger partial charge in [-0.15, -0.1) is 0 Å². The Morgan fingerprint density at radius 3 is 2.36 bits per heavy atom. The molecule has 0 bridgehead atoms. The van der Waals surface area contributed by atoms with Crippen LogP contribution in [0.4, 0.5) is 4.79 Å². The summed E-state index contributed by atoms with van der Waals surface area (Å²) >= 11 is 14.3. The number of pyridine rings is 1. The van der Waals surface area contributed by atoms with E-state index in [1.807, 2.05) is 48.2 Å². The summed E-state index contributed by atoms with van der Waals surface area (Å²) in [5, 5.41) is 12.7. The maximum atomic E-state index is 14.2. The van der Waals surface area contributed by atoms with Crippen LogP contribution in [0.5, 0.6) is 17.4 Å². The summed E-state index contributed by atoms with van der Waals surface area (Å²) in [5.74, 6) is 1.93. The number of rotatable bonds is 22. The molecule has 2 N–H and O–H groups in total. The molecule has 0 radical (unpaired) electrons. The van der Waals surface area contributed by atoms with Crippen LogP contribution >= 0.6 is 35.0 Å². The number of carbonyl (C=O) groups excluding carboxylic acids is 1. The SMILES string of the molecule is COCCCc1cc(CN(C(=O)C(CNC(=O)O)Cc2ccc(OCCOc3c(Cl)cc(C)cc3Cl)cc2)C2CC2)cc(OCCCSC)n1. The Labute approximate surface area is 309 Å². The second-order valence-corrected chi connectivity index (χ2v) is 14.1. The highest BCUT2D eigenvalue weighted by Crippen LogP contribution is 2.34. The number of methoxy groups -OCH3 is 1. The molecule has 2 aromatic carbocycles. The standard InChI is InChI=1S/C37H47Cl2N3O7S/c1-25-18-32(38)35(33(39)19-25)49-16-15-47-31-11-7-26(8-12-31)20-28(23-40-37(44)45)36(43)42(30-9-10-30)24-27-21-29(6-4-13-46-2)41-34(22-27)48-14-5-17-50-3/h7-8,11-12,18-19,21-22,28,30,40H,4-6,9-10,13-17,20,23-24H2,1-3H3,(H,44,45). The minimum Gasteiger partial charge on any atom is -0.490 e. The molecule has 272 valence electrons. The summed E-state index contributed by atoms with van der Waals surface area (Å²) in [7, 11) is 1.68. The lowest BCUT2D eigenvalue weighted by Crippen LogP contribution is -2.43. The number of carboxylic acid groups (broad SMARTS) is 1. The van der Waals surface area contributed by atoms with Crippen molar-refractivity contribution >= 4 is 47.0 Å². The van der Waals surface area contributed by atoms with Crippen molar-refractivity contribution in [3.8, 4) is 17.4 Å². The van der Waals surface area contributed by atoms with Crippen LogP contribution in [0.25, 0.3) is 0 Å². The minimum atomic E-state index is -1.17. The summed E-state index contributed by atoms with van der Waals surface area (Å²) < 4.78 is 22.8. The summed E-state index contributed by atoms with van der Waals surface area (Å²) in [6, 6.07) is 15.1. The summed E-state index contributed by atoms with van der Waals surface area (Å²) in [4.78, 5) is 32.3. The van der Waals surface area contributed by atoms with Crippen molar-refractivity contribution in [2.24, 2.45) is 5.92 Å². The molecule has 1 saturated carbocycles. The fourth-order valence-corrected chi connectivity index (χ4v) is 6.60. The molecule has 0 saturated heterocycles. The number of hydrogen-bond donors (Lipinski definition) is 2. The number of halogens is 2. The Morgan fingerprint density at radius 1 is 0.980 bits per heavy atom. The van der Waals surface area contributed by atoms with Gasteiger partial charge >= 0.3 is 6.09 Å². The number of nitrogens with one attached hydrogen (secondary N) is 1. The topological polar surface area (TPSA) is 119 Å². The van der Waals surface area contributed by atoms with E-state index in [1.54, 1.807) is 31.0 Å². The minimum absolute atomic E-state index is 0.000475. The molecule has 3 aromatic rings. The Kier molecular flexibility index (Phi) is 16.1. The zero-order chi connectivity index (χ0) is 35.9. The first-order valence-corrected chi connectivity index (χ1v) is 19.0. The third kappa shape index (κ3) is 13.1. The van der Waals surface area contributed by atoms with Gasteiger partial charge in [-0.25, -0.2) is 9.78 Å². The van der Waals surface area contributed by atoms with Crippen molar-refractivity contribution in [3.05, 3.63) is 81.0 Å². The molecule has 1 aliphatic carbocycles. The first kappa shape index (κ1) is 39.4. The molecule has 1 unspecified atom stereocenters. The number of amides is 2. The van der Waals surface area contributed by atoms with Crippen molar-refractivity contribution in [1.29, 1.82) is 0 Å². The van der Waals surface area contributed by atoms with Gasteiger partial charge in [0.05, 0.1) is 22.6 Å². The van der Waals surface area contributed by atoms with Gasteiger partial charge in [-0.3, -0.25) is 4.79 Å². The van der Waals surface area contributed by atoms with E-state index in [1.165, 1.54) is 0 Å². The Balaban J connectivity index is 1.41. The summed E-state index contributed by atoms with van der Waals surface area (Å²) in [6.07, 6.45) is 5.54. The van der Waals surface area contributed by atoms with Gasteiger partial charge < -0.3 is 34.3 Å². The van der Waals surface area contributed by atoms with Gasteiger partial charge in [0.15, 0.2) is 5.75 Å². The maximum absolute atomic E-state index is 14.2. The zero-order valence-electron chi connectivity index (χ0n) is 28.9. The smallest absolute Gasteiger partial charge is 0.404 e. The fourth-order valence-electron chi connectivity index (χ4n) is 5.49. The largest absolute Gasteiger partial charge is 0.490 e. The quantitative estimate of drug-likeness (QED) is 0.101. The van der Waals surface area contributed by atoms with Gasteiger partial charge in [-0.1, -0.05) is 35.3 Å². The van der Waals surface area contributed by atoms with Gasteiger partial charge in [0, 0.05) is 44.6 Å². The first-order valence-electron chi connectivity index (χ1n) is 16.8. The van der Waals surface area contributed by atoms with E-state index < -0.39 is 12.0 Å². The van der Waals surface area contributed by atoms with E-state index in [2.05, 4.69) is 11.6 Å². The van der Waals surface area contributed by atoms with E-state index in [0.29, 0.717) is 53.6 Å². The molecule has 13 heteroatoms. The lowest BCUT2D eigenvalue weighted by molar-refractivity contribution is -0.136. The molecule has 50 heavy (non-hydrogen) atoms. The molecule has 1 aromatic heterocycles. The predicted molar refractivity (Wildman–Crippen MR) is 198 cm³/mol. The van der Waals surface area contributed by atoms with Crippen molar-refractivity contribution in [1.82, 2.24) is 15.2 Å². The van der Waals surface area contributed by atoms with Gasteiger partial charge in [0.2, 0.25) is 11.8 Å². The van der Waals surface area contributed by atoms with Gasteiger partial charge in [-0.05, 0) is 104 Å². The molecule has 1 fully saturated rings. The average Bonchev–Trinajstić information content (AvgIpc) is 3.93. The number of hydrogen-bond acceptors (Lipinski definition) is 8. The lowest BCUT2D eigenvalue weighted by atomic mass is 9.97. The molecule has 1 heterocycles. The number of benzene rings is 2. The van der Waals surface area contributed by atoms with E-state index in [0.717, 1.165) is 60.2 Å². The number of aryl methyl sites for hydroxylation is 2. The second kappa shape index (κ2) is 20.5. The van der Waals surface area contributed by atoms with Gasteiger partial charge in [0.1, 0.15) is 19.0 Å². The Morgan fingerprint density at radius 2 is 1.70 bits per heavy atom.